The van der Waals surface area contributed by atoms with Crippen LogP contribution < -0.4 is 5.32 Å². The van der Waals surface area contributed by atoms with Crippen LogP contribution in [0.1, 0.15) is 34.9 Å². The van der Waals surface area contributed by atoms with Crippen LogP contribution in [0.4, 0.5) is 0 Å². The van der Waals surface area contributed by atoms with Crippen molar-refractivity contribution in [2.24, 2.45) is 0 Å². The number of carboxylic acids is 1. The van der Waals surface area contributed by atoms with E-state index in [9.17, 15) is 14.4 Å². The summed E-state index contributed by atoms with van der Waals surface area (Å²) in [4.78, 5) is 37.9. The van der Waals surface area contributed by atoms with Crippen LogP contribution in [0.15, 0.2) is 18.3 Å². The van der Waals surface area contributed by atoms with E-state index in [0.717, 1.165) is 0 Å². The maximum Gasteiger partial charge on any atom is 0.335 e. The van der Waals surface area contributed by atoms with E-state index in [2.05, 4.69) is 15.4 Å². The number of hydrogen-bond donors (Lipinski definition) is 2. The molecule has 20 heavy (non-hydrogen) atoms. The molecule has 2 N–H and O–H groups in total. The summed E-state index contributed by atoms with van der Waals surface area (Å²) in [5, 5.41) is 15.3. The van der Waals surface area contributed by atoms with E-state index in [1.54, 1.807) is 0 Å². The molecule has 2 aromatic heterocycles. The molecule has 1 aliphatic heterocycles. The predicted octanol–water partition coefficient (Wildman–Crippen LogP) is -0.0523. The molecule has 8 nitrogen and oxygen atoms in total. The summed E-state index contributed by atoms with van der Waals surface area (Å²) >= 11 is 0. The minimum Gasteiger partial charge on any atom is -0.478 e. The van der Waals surface area contributed by atoms with Crippen LogP contribution in [0.3, 0.4) is 0 Å². The maximum atomic E-state index is 11.7. The van der Waals surface area contributed by atoms with Crippen molar-refractivity contribution in [2.75, 3.05) is 0 Å². The summed E-state index contributed by atoms with van der Waals surface area (Å²) in [5.74, 6) is -2.07. The molecule has 0 radical (unpaired) electrons. The number of carbonyl (C=O) groups excluding carboxylic acids is 2. The second kappa shape index (κ2) is 4.41. The van der Waals surface area contributed by atoms with E-state index < -0.39 is 17.8 Å². The fourth-order valence-corrected chi connectivity index (χ4v) is 2.12. The highest BCUT2D eigenvalue weighted by Crippen LogP contribution is 2.22. The topological polar surface area (TPSA) is 114 Å². The number of pyridine rings is 1. The molecule has 1 unspecified atom stereocenters. The SMILES string of the molecule is O=C1CCC(c2nc3cc(C(=O)O)ccn3n2)C(=O)N1. The summed E-state index contributed by atoms with van der Waals surface area (Å²) < 4.78 is 1.41. The van der Waals surface area contributed by atoms with E-state index in [0.29, 0.717) is 12.1 Å². The number of carboxylic acid groups (broad SMARTS) is 1. The third kappa shape index (κ3) is 2.00. The van der Waals surface area contributed by atoms with Crippen molar-refractivity contribution >= 4 is 23.4 Å². The van der Waals surface area contributed by atoms with Gasteiger partial charge in [-0.15, -0.1) is 0 Å². The van der Waals surface area contributed by atoms with Crippen molar-refractivity contribution in [1.29, 1.82) is 0 Å². The Labute approximate surface area is 112 Å². The lowest BCUT2D eigenvalue weighted by atomic mass is 9.98. The molecule has 1 atom stereocenters. The molecule has 1 saturated heterocycles. The van der Waals surface area contributed by atoms with E-state index in [4.69, 9.17) is 5.11 Å². The monoisotopic (exact) mass is 274 g/mol. The maximum absolute atomic E-state index is 11.7. The molecule has 0 aromatic carbocycles. The number of aromatic nitrogens is 3. The van der Waals surface area contributed by atoms with Gasteiger partial charge in [0.1, 0.15) is 5.92 Å². The molecule has 0 spiro atoms. The summed E-state index contributed by atoms with van der Waals surface area (Å²) in [6.45, 7) is 0. The van der Waals surface area contributed by atoms with Gasteiger partial charge in [0, 0.05) is 12.6 Å². The molecule has 0 saturated carbocycles. The smallest absolute Gasteiger partial charge is 0.335 e. The fraction of sp³-hybridized carbons (Fsp3) is 0.250. The largest absolute Gasteiger partial charge is 0.478 e. The number of aromatic carboxylic acids is 1. The van der Waals surface area contributed by atoms with Gasteiger partial charge in [0.2, 0.25) is 11.8 Å². The fourth-order valence-electron chi connectivity index (χ4n) is 2.12. The number of imide groups is 1. The Balaban J connectivity index is 1.98. The van der Waals surface area contributed by atoms with Crippen LogP contribution in [0.2, 0.25) is 0 Å². The van der Waals surface area contributed by atoms with Gasteiger partial charge in [-0.2, -0.15) is 5.10 Å². The average molecular weight is 274 g/mol. The van der Waals surface area contributed by atoms with Crippen molar-refractivity contribution in [3.63, 3.8) is 0 Å². The number of nitrogens with one attached hydrogen (secondary N) is 1. The van der Waals surface area contributed by atoms with Crippen molar-refractivity contribution in [1.82, 2.24) is 19.9 Å². The number of nitrogens with zero attached hydrogens (tertiary/aromatic N) is 3. The minimum atomic E-state index is -1.06. The zero-order chi connectivity index (χ0) is 14.3. The molecule has 8 heteroatoms. The third-order valence-electron chi connectivity index (χ3n) is 3.15. The first-order chi connectivity index (χ1) is 9.54. The van der Waals surface area contributed by atoms with Crippen molar-refractivity contribution in [3.05, 3.63) is 29.7 Å². The second-order valence-corrected chi connectivity index (χ2v) is 4.50. The van der Waals surface area contributed by atoms with Crippen molar-refractivity contribution in [3.8, 4) is 0 Å². The molecule has 1 fully saturated rings. The Morgan fingerprint density at radius 2 is 2.25 bits per heavy atom. The molecular weight excluding hydrogens is 264 g/mol. The van der Waals surface area contributed by atoms with Crippen LogP contribution in [-0.2, 0) is 9.59 Å². The quantitative estimate of drug-likeness (QED) is 0.742. The Bertz CT molecular complexity index is 736. The first-order valence-electron chi connectivity index (χ1n) is 5.98. The van der Waals surface area contributed by atoms with Gasteiger partial charge in [-0.1, -0.05) is 0 Å². The zero-order valence-electron chi connectivity index (χ0n) is 10.2. The predicted molar refractivity (Wildman–Crippen MR) is 65.1 cm³/mol. The van der Waals surface area contributed by atoms with Gasteiger partial charge in [-0.05, 0) is 18.6 Å². The van der Waals surface area contributed by atoms with E-state index >= 15 is 0 Å². The lowest BCUT2D eigenvalue weighted by Gasteiger charge is -2.17. The zero-order valence-corrected chi connectivity index (χ0v) is 10.2. The Kier molecular flexibility index (Phi) is 2.70. The van der Waals surface area contributed by atoms with Crippen molar-refractivity contribution in [2.45, 2.75) is 18.8 Å². The molecule has 2 aromatic rings. The van der Waals surface area contributed by atoms with E-state index in [-0.39, 0.29) is 23.7 Å². The molecule has 102 valence electrons. The summed E-state index contributed by atoms with van der Waals surface area (Å²) in [7, 11) is 0. The summed E-state index contributed by atoms with van der Waals surface area (Å²) in [6, 6.07) is 2.78. The number of hydrogen-bond acceptors (Lipinski definition) is 5. The molecule has 2 amide bonds. The third-order valence-corrected chi connectivity index (χ3v) is 3.15. The lowest BCUT2D eigenvalue weighted by Crippen LogP contribution is -2.39. The normalized spacial score (nSPS) is 19.1. The Hall–Kier alpha value is -2.77. The van der Waals surface area contributed by atoms with Gasteiger partial charge in [-0.3, -0.25) is 14.9 Å². The van der Waals surface area contributed by atoms with E-state index in [1.807, 2.05) is 0 Å². The van der Waals surface area contributed by atoms with Gasteiger partial charge >= 0.3 is 5.97 Å². The first kappa shape index (κ1) is 12.3. The molecule has 0 bridgehead atoms. The minimum absolute atomic E-state index is 0.0970. The highest BCUT2D eigenvalue weighted by molar-refractivity contribution is 6.00. The molecular formula is C12H10N4O4. The van der Waals surface area contributed by atoms with Gasteiger partial charge in [0.15, 0.2) is 11.5 Å². The van der Waals surface area contributed by atoms with Crippen LogP contribution in [0.25, 0.3) is 5.65 Å². The highest BCUT2D eigenvalue weighted by Gasteiger charge is 2.31. The van der Waals surface area contributed by atoms with Crippen LogP contribution in [0, 0.1) is 0 Å². The molecule has 1 aliphatic rings. The second-order valence-electron chi connectivity index (χ2n) is 4.50. The number of piperidine rings is 1. The molecule has 0 aliphatic carbocycles. The lowest BCUT2D eigenvalue weighted by molar-refractivity contribution is -0.134. The van der Waals surface area contributed by atoms with Gasteiger partial charge < -0.3 is 5.11 Å². The van der Waals surface area contributed by atoms with E-state index in [1.165, 1.54) is 22.8 Å². The van der Waals surface area contributed by atoms with Gasteiger partial charge in [-0.25, -0.2) is 14.3 Å². The Morgan fingerprint density at radius 1 is 1.45 bits per heavy atom. The highest BCUT2D eigenvalue weighted by atomic mass is 16.4. The standard InChI is InChI=1S/C12H10N4O4/c17-9-2-1-7(11(18)14-9)10-13-8-5-6(12(19)20)3-4-16(8)15-10/h3-5,7H,1-2H2,(H,19,20)(H,14,17,18). The van der Waals surface area contributed by atoms with Crippen LogP contribution in [0.5, 0.6) is 0 Å². The number of fused-ring (bicyclic) bond motifs is 1. The number of carbonyl (C=O) groups is 3. The summed E-state index contributed by atoms with van der Waals surface area (Å²) in [5.41, 5.74) is 0.448. The summed E-state index contributed by atoms with van der Waals surface area (Å²) in [6.07, 6.45) is 2.07. The molecule has 3 rings (SSSR count). The average Bonchev–Trinajstić information content (AvgIpc) is 2.80. The molecule has 3 heterocycles. The van der Waals surface area contributed by atoms with Gasteiger partial charge in [0.25, 0.3) is 0 Å². The van der Waals surface area contributed by atoms with Crippen molar-refractivity contribution < 1.29 is 19.5 Å². The Morgan fingerprint density at radius 3 is 2.95 bits per heavy atom. The van der Waals surface area contributed by atoms with Crippen LogP contribution >= 0.6 is 0 Å². The van der Waals surface area contributed by atoms with Crippen LogP contribution in [-0.4, -0.2) is 37.5 Å². The number of rotatable bonds is 2. The number of amides is 2. The first-order valence-corrected chi connectivity index (χ1v) is 5.98. The van der Waals surface area contributed by atoms with Gasteiger partial charge in [0.05, 0.1) is 5.56 Å².